The highest BCUT2D eigenvalue weighted by atomic mass is 35.5. The van der Waals surface area contributed by atoms with E-state index in [9.17, 15) is 27.1 Å². The van der Waals surface area contributed by atoms with Crippen LogP contribution in [0.5, 0.6) is 5.75 Å². The normalized spacial score (nSPS) is 23.3. The van der Waals surface area contributed by atoms with Gasteiger partial charge in [-0.25, -0.2) is 13.8 Å². The van der Waals surface area contributed by atoms with E-state index in [1.54, 1.807) is 0 Å². The van der Waals surface area contributed by atoms with Gasteiger partial charge in [0.15, 0.2) is 11.6 Å². The number of aliphatic hydroxyl groups is 1. The number of hydrogen-bond donors (Lipinski definition) is 1. The molecular formula is C18H15ClF5NO2. The van der Waals surface area contributed by atoms with Crippen LogP contribution in [-0.4, -0.2) is 16.2 Å². The third kappa shape index (κ3) is 4.16. The number of halogens is 6. The summed E-state index contributed by atoms with van der Waals surface area (Å²) in [6.45, 7) is 0. The van der Waals surface area contributed by atoms with Gasteiger partial charge in [-0.2, -0.15) is 13.2 Å². The van der Waals surface area contributed by atoms with Crippen molar-refractivity contribution in [1.29, 1.82) is 0 Å². The molecule has 1 N–H and O–H groups in total. The van der Waals surface area contributed by atoms with E-state index < -0.39 is 46.0 Å². The van der Waals surface area contributed by atoms with Gasteiger partial charge in [-0.3, -0.25) is 0 Å². The quantitative estimate of drug-likeness (QED) is 0.559. The number of hydrogen-bond acceptors (Lipinski definition) is 3. The summed E-state index contributed by atoms with van der Waals surface area (Å²) in [5.41, 5.74) is -2.31. The van der Waals surface area contributed by atoms with E-state index in [0.29, 0.717) is 0 Å². The highest BCUT2D eigenvalue weighted by Gasteiger charge is 2.40. The van der Waals surface area contributed by atoms with Gasteiger partial charge in [0.05, 0.1) is 11.7 Å². The Morgan fingerprint density at radius 1 is 1.11 bits per heavy atom. The second kappa shape index (κ2) is 7.24. The van der Waals surface area contributed by atoms with Gasteiger partial charge in [0.2, 0.25) is 0 Å². The molecule has 3 rings (SSSR count). The second-order valence-corrected chi connectivity index (χ2v) is 6.81. The number of nitrogens with zero attached hydrogens (tertiary/aromatic N) is 1. The Morgan fingerprint density at radius 2 is 1.78 bits per heavy atom. The molecule has 1 fully saturated rings. The Morgan fingerprint density at radius 3 is 2.37 bits per heavy atom. The fourth-order valence-electron chi connectivity index (χ4n) is 3.22. The van der Waals surface area contributed by atoms with Gasteiger partial charge < -0.3 is 9.84 Å². The molecule has 9 heteroatoms. The fraction of sp³-hybridized carbons (Fsp3) is 0.389. The van der Waals surface area contributed by atoms with E-state index in [1.807, 2.05) is 0 Å². The number of aromatic nitrogens is 1. The lowest BCUT2D eigenvalue weighted by molar-refractivity contribution is -0.139. The molecule has 27 heavy (non-hydrogen) atoms. The van der Waals surface area contributed by atoms with Crippen molar-refractivity contribution in [3.05, 3.63) is 58.4 Å². The van der Waals surface area contributed by atoms with Crippen LogP contribution in [0.2, 0.25) is 5.15 Å². The minimum atomic E-state index is -4.72. The van der Waals surface area contributed by atoms with Crippen molar-refractivity contribution in [1.82, 2.24) is 4.98 Å². The van der Waals surface area contributed by atoms with E-state index in [2.05, 4.69) is 4.98 Å². The lowest BCUT2D eigenvalue weighted by Crippen LogP contribution is -2.36. The van der Waals surface area contributed by atoms with Crippen molar-refractivity contribution >= 4 is 11.6 Å². The fourth-order valence-corrected chi connectivity index (χ4v) is 3.47. The molecule has 1 heterocycles. The molecule has 0 aliphatic heterocycles. The van der Waals surface area contributed by atoms with Crippen LogP contribution in [0.25, 0.3) is 0 Å². The number of ether oxygens (including phenoxy) is 1. The Bertz CT molecular complexity index is 835. The van der Waals surface area contributed by atoms with Crippen molar-refractivity contribution in [2.75, 3.05) is 0 Å². The predicted octanol–water partition coefficient (Wildman–Crippen LogP) is 5.24. The summed E-state index contributed by atoms with van der Waals surface area (Å²) in [5.74, 6) is -2.51. The average Bonchev–Trinajstić information content (AvgIpc) is 2.58. The molecule has 0 radical (unpaired) electrons. The maximum atomic E-state index is 13.4. The summed E-state index contributed by atoms with van der Waals surface area (Å²) >= 11 is 5.57. The van der Waals surface area contributed by atoms with Crippen molar-refractivity contribution in [3.63, 3.8) is 0 Å². The predicted molar refractivity (Wildman–Crippen MR) is 87.4 cm³/mol. The molecule has 0 amide bonds. The summed E-state index contributed by atoms with van der Waals surface area (Å²) in [5, 5.41) is 10.0. The zero-order valence-electron chi connectivity index (χ0n) is 13.9. The highest BCUT2D eigenvalue weighted by Crippen LogP contribution is 2.43. The summed E-state index contributed by atoms with van der Waals surface area (Å²) in [6.07, 6.45) is -3.48. The number of benzene rings is 1. The molecular weight excluding hydrogens is 393 g/mol. The van der Waals surface area contributed by atoms with E-state index >= 15 is 0 Å². The van der Waals surface area contributed by atoms with Gasteiger partial charge in [0, 0.05) is 6.20 Å². The molecule has 1 aromatic carbocycles. The van der Waals surface area contributed by atoms with Crippen molar-refractivity contribution in [2.24, 2.45) is 0 Å². The molecule has 3 nitrogen and oxygen atoms in total. The number of alkyl halides is 3. The van der Waals surface area contributed by atoms with Crippen LogP contribution in [0.4, 0.5) is 22.0 Å². The molecule has 1 aliphatic rings. The molecule has 0 unspecified atom stereocenters. The lowest BCUT2D eigenvalue weighted by Gasteiger charge is -2.36. The third-order valence-electron chi connectivity index (χ3n) is 4.66. The first-order chi connectivity index (χ1) is 12.6. The Balaban J connectivity index is 1.74. The summed E-state index contributed by atoms with van der Waals surface area (Å²) < 4.78 is 71.5. The first-order valence-corrected chi connectivity index (χ1v) is 8.54. The van der Waals surface area contributed by atoms with Gasteiger partial charge in [0.1, 0.15) is 16.5 Å². The number of pyridine rings is 1. The van der Waals surface area contributed by atoms with Crippen LogP contribution in [0.15, 0.2) is 30.5 Å². The van der Waals surface area contributed by atoms with E-state index in [1.165, 1.54) is 6.07 Å². The Hall–Kier alpha value is -1.93. The summed E-state index contributed by atoms with van der Waals surface area (Å²) in [7, 11) is 0. The minimum absolute atomic E-state index is 0.128. The molecule has 0 atom stereocenters. The van der Waals surface area contributed by atoms with Crippen LogP contribution in [0.3, 0.4) is 0 Å². The first kappa shape index (κ1) is 19.8. The van der Waals surface area contributed by atoms with Crippen molar-refractivity contribution in [3.8, 4) is 5.75 Å². The molecule has 0 saturated heterocycles. The van der Waals surface area contributed by atoms with Gasteiger partial charge in [0.25, 0.3) is 0 Å². The standard InChI is InChI=1S/C18H15ClF5NO2/c19-16-15(18(22,23)24)14(5-8-25-16)27-11-3-6-17(26,7-4-11)10-1-2-12(20)13(21)9-10/h1-2,5,8-9,11,26H,3-4,6-7H2/t11-,17-. The van der Waals surface area contributed by atoms with E-state index in [-0.39, 0.29) is 31.2 Å². The molecule has 0 bridgehead atoms. The van der Waals surface area contributed by atoms with Crippen molar-refractivity contribution in [2.45, 2.75) is 43.6 Å². The van der Waals surface area contributed by atoms with Gasteiger partial charge >= 0.3 is 6.18 Å². The lowest BCUT2D eigenvalue weighted by atomic mass is 9.78. The molecule has 146 valence electrons. The maximum absolute atomic E-state index is 13.4. The van der Waals surface area contributed by atoms with Crippen LogP contribution in [0, 0.1) is 11.6 Å². The number of rotatable bonds is 3. The second-order valence-electron chi connectivity index (χ2n) is 6.45. The largest absolute Gasteiger partial charge is 0.490 e. The topological polar surface area (TPSA) is 42.4 Å². The van der Waals surface area contributed by atoms with Crippen LogP contribution in [-0.2, 0) is 11.8 Å². The Labute approximate surface area is 156 Å². The minimum Gasteiger partial charge on any atom is -0.490 e. The molecule has 0 spiro atoms. The average molecular weight is 408 g/mol. The smallest absolute Gasteiger partial charge is 0.422 e. The zero-order valence-corrected chi connectivity index (χ0v) is 14.6. The zero-order chi connectivity index (χ0) is 19.8. The van der Waals surface area contributed by atoms with Crippen LogP contribution < -0.4 is 4.74 Å². The third-order valence-corrected chi connectivity index (χ3v) is 4.95. The van der Waals surface area contributed by atoms with Crippen LogP contribution in [0.1, 0.15) is 36.8 Å². The van der Waals surface area contributed by atoms with Gasteiger partial charge in [-0.05, 0) is 49.4 Å². The molecule has 1 aromatic heterocycles. The van der Waals surface area contributed by atoms with Crippen LogP contribution >= 0.6 is 11.6 Å². The molecule has 2 aromatic rings. The highest BCUT2D eigenvalue weighted by molar-refractivity contribution is 6.30. The Kier molecular flexibility index (Phi) is 5.31. The monoisotopic (exact) mass is 407 g/mol. The summed E-state index contributed by atoms with van der Waals surface area (Å²) in [4.78, 5) is 3.44. The SMILES string of the molecule is O[C@]1(c2ccc(F)c(F)c2)CC[C@@H](Oc2ccnc(Cl)c2C(F)(F)F)CC1. The first-order valence-electron chi connectivity index (χ1n) is 8.16. The van der Waals surface area contributed by atoms with Crippen molar-refractivity contribution < 1.29 is 31.8 Å². The molecule has 1 aliphatic carbocycles. The summed E-state index contributed by atoms with van der Waals surface area (Å²) in [6, 6.07) is 4.25. The van der Waals surface area contributed by atoms with E-state index in [0.717, 1.165) is 24.4 Å². The van der Waals surface area contributed by atoms with Gasteiger partial charge in [-0.15, -0.1) is 0 Å². The molecule has 1 saturated carbocycles. The van der Waals surface area contributed by atoms with E-state index in [4.69, 9.17) is 16.3 Å². The maximum Gasteiger partial charge on any atom is 0.422 e. The van der Waals surface area contributed by atoms with Gasteiger partial charge in [-0.1, -0.05) is 17.7 Å².